The monoisotopic (exact) mass is 439 g/mol. The zero-order chi connectivity index (χ0) is 21.8. The van der Waals surface area contributed by atoms with Crippen molar-refractivity contribution in [3.05, 3.63) is 70.7 Å². The number of halogens is 1. The van der Waals surface area contributed by atoms with Crippen LogP contribution >= 0.6 is 11.6 Å². The number of benzene rings is 2. The second-order valence-electron chi connectivity index (χ2n) is 9.63. The highest BCUT2D eigenvalue weighted by Gasteiger charge is 2.35. The van der Waals surface area contributed by atoms with Gasteiger partial charge in [-0.25, -0.2) is 0 Å². The molecule has 0 aromatic heterocycles. The molecular formula is C27H34ClNO2. The van der Waals surface area contributed by atoms with Crippen molar-refractivity contribution in [2.45, 2.75) is 51.5 Å². The van der Waals surface area contributed by atoms with Crippen molar-refractivity contribution >= 4 is 17.5 Å². The Bertz CT molecular complexity index is 843. The van der Waals surface area contributed by atoms with E-state index < -0.39 is 0 Å². The van der Waals surface area contributed by atoms with Gasteiger partial charge < -0.3 is 9.64 Å². The Kier molecular flexibility index (Phi) is 7.35. The van der Waals surface area contributed by atoms with E-state index in [0.29, 0.717) is 43.9 Å². The van der Waals surface area contributed by atoms with Crippen molar-refractivity contribution < 1.29 is 9.53 Å². The standard InChI is InChI=1S/C27H34ClNO2/c1-19-14-20(2)16-23(15-19)25(21-8-10-24(28)11-9-21)17-27(30)29-12-13-31-18-26(29)22-6-4-3-5-7-22/h3-11,19-20,23,25-26H,12-18H2,1-2H3. The van der Waals surface area contributed by atoms with Crippen LogP contribution in [0.4, 0.5) is 0 Å². The minimum Gasteiger partial charge on any atom is -0.377 e. The molecule has 4 unspecified atom stereocenters. The van der Waals surface area contributed by atoms with Crippen molar-refractivity contribution in [2.24, 2.45) is 17.8 Å². The van der Waals surface area contributed by atoms with E-state index in [1.54, 1.807) is 0 Å². The van der Waals surface area contributed by atoms with Gasteiger partial charge in [-0.05, 0) is 66.2 Å². The van der Waals surface area contributed by atoms with Crippen molar-refractivity contribution in [3.63, 3.8) is 0 Å². The third kappa shape index (κ3) is 5.51. The number of hydrogen-bond donors (Lipinski definition) is 0. The van der Waals surface area contributed by atoms with Crippen LogP contribution < -0.4 is 0 Å². The Morgan fingerprint density at radius 2 is 1.71 bits per heavy atom. The van der Waals surface area contributed by atoms with Gasteiger partial charge in [0, 0.05) is 18.0 Å². The van der Waals surface area contributed by atoms with Crippen LogP contribution in [0.5, 0.6) is 0 Å². The van der Waals surface area contributed by atoms with Crippen molar-refractivity contribution in [1.29, 1.82) is 0 Å². The van der Waals surface area contributed by atoms with E-state index in [1.807, 2.05) is 30.3 Å². The molecule has 2 fully saturated rings. The lowest BCUT2D eigenvalue weighted by Gasteiger charge is -2.40. The molecular weight excluding hydrogens is 406 g/mol. The summed E-state index contributed by atoms with van der Waals surface area (Å²) in [5, 5.41) is 0.747. The molecule has 1 saturated carbocycles. The highest BCUT2D eigenvalue weighted by Crippen LogP contribution is 2.43. The summed E-state index contributed by atoms with van der Waals surface area (Å²) in [5.74, 6) is 2.41. The average Bonchev–Trinajstić information content (AvgIpc) is 2.78. The molecule has 2 aliphatic rings. The topological polar surface area (TPSA) is 29.5 Å². The molecule has 0 radical (unpaired) electrons. The van der Waals surface area contributed by atoms with Gasteiger partial charge in [0.25, 0.3) is 0 Å². The molecule has 31 heavy (non-hydrogen) atoms. The van der Waals surface area contributed by atoms with E-state index in [9.17, 15) is 4.79 Å². The molecule has 1 aliphatic heterocycles. The summed E-state index contributed by atoms with van der Waals surface area (Å²) in [4.78, 5) is 15.7. The largest absolute Gasteiger partial charge is 0.377 e. The zero-order valence-corrected chi connectivity index (χ0v) is 19.4. The number of carbonyl (C=O) groups excluding carboxylic acids is 1. The quantitative estimate of drug-likeness (QED) is 0.533. The molecule has 1 saturated heterocycles. The van der Waals surface area contributed by atoms with Gasteiger partial charge in [0.05, 0.1) is 19.3 Å². The van der Waals surface area contributed by atoms with E-state index >= 15 is 0 Å². The lowest BCUT2D eigenvalue weighted by Crippen LogP contribution is -2.44. The maximum atomic E-state index is 13.7. The fraction of sp³-hybridized carbons (Fsp3) is 0.519. The zero-order valence-electron chi connectivity index (χ0n) is 18.7. The molecule has 0 N–H and O–H groups in total. The highest BCUT2D eigenvalue weighted by atomic mass is 35.5. The van der Waals surface area contributed by atoms with Gasteiger partial charge >= 0.3 is 0 Å². The van der Waals surface area contributed by atoms with Crippen LogP contribution in [0.2, 0.25) is 5.02 Å². The lowest BCUT2D eigenvalue weighted by molar-refractivity contribution is -0.141. The SMILES string of the molecule is CC1CC(C)CC(C(CC(=O)N2CCOCC2c2ccccc2)c2ccc(Cl)cc2)C1. The van der Waals surface area contributed by atoms with Gasteiger partial charge in [0.1, 0.15) is 0 Å². The van der Waals surface area contributed by atoms with E-state index in [1.165, 1.54) is 24.8 Å². The first kappa shape index (κ1) is 22.4. The fourth-order valence-electron chi connectivity index (χ4n) is 5.76. The molecule has 166 valence electrons. The Morgan fingerprint density at radius 1 is 1.03 bits per heavy atom. The van der Waals surface area contributed by atoms with Crippen LogP contribution in [0.15, 0.2) is 54.6 Å². The Hall–Kier alpha value is -1.84. The van der Waals surface area contributed by atoms with E-state index in [0.717, 1.165) is 10.6 Å². The summed E-state index contributed by atoms with van der Waals surface area (Å²) < 4.78 is 5.76. The first-order valence-electron chi connectivity index (χ1n) is 11.7. The fourth-order valence-corrected chi connectivity index (χ4v) is 5.89. The Morgan fingerprint density at radius 3 is 2.39 bits per heavy atom. The van der Waals surface area contributed by atoms with E-state index in [-0.39, 0.29) is 17.9 Å². The van der Waals surface area contributed by atoms with E-state index in [4.69, 9.17) is 16.3 Å². The summed E-state index contributed by atoms with van der Waals surface area (Å²) in [5.41, 5.74) is 2.40. The van der Waals surface area contributed by atoms with Crippen LogP contribution in [0.1, 0.15) is 62.6 Å². The maximum Gasteiger partial charge on any atom is 0.223 e. The molecule has 1 heterocycles. The summed E-state index contributed by atoms with van der Waals surface area (Å²) in [6.07, 6.45) is 4.22. The second kappa shape index (κ2) is 10.2. The van der Waals surface area contributed by atoms with Crippen LogP contribution in [-0.2, 0) is 9.53 Å². The second-order valence-corrected chi connectivity index (χ2v) is 10.1. The van der Waals surface area contributed by atoms with Crippen molar-refractivity contribution in [3.8, 4) is 0 Å². The summed E-state index contributed by atoms with van der Waals surface area (Å²) in [6, 6.07) is 18.5. The molecule has 1 amide bonds. The number of morpholine rings is 1. The van der Waals surface area contributed by atoms with Crippen LogP contribution in [0.25, 0.3) is 0 Å². The number of rotatable bonds is 5. The summed E-state index contributed by atoms with van der Waals surface area (Å²) >= 11 is 6.17. The first-order valence-corrected chi connectivity index (χ1v) is 12.1. The van der Waals surface area contributed by atoms with Crippen LogP contribution in [-0.4, -0.2) is 30.6 Å². The number of carbonyl (C=O) groups is 1. The molecule has 4 heteroatoms. The Balaban J connectivity index is 1.58. The maximum absolute atomic E-state index is 13.7. The first-order chi connectivity index (χ1) is 15.0. The third-order valence-electron chi connectivity index (χ3n) is 7.11. The van der Waals surface area contributed by atoms with E-state index in [2.05, 4.69) is 43.0 Å². The number of hydrogen-bond acceptors (Lipinski definition) is 2. The molecule has 0 bridgehead atoms. The third-order valence-corrected chi connectivity index (χ3v) is 7.36. The molecule has 1 aliphatic carbocycles. The van der Waals surface area contributed by atoms with Gasteiger partial charge in [0.2, 0.25) is 5.91 Å². The van der Waals surface area contributed by atoms with Gasteiger partial charge in [0.15, 0.2) is 0 Å². The predicted octanol–water partition coefficient (Wildman–Crippen LogP) is 6.49. The molecule has 2 aromatic carbocycles. The molecule has 0 spiro atoms. The Labute approximate surface area is 191 Å². The molecule has 4 rings (SSSR count). The van der Waals surface area contributed by atoms with Gasteiger partial charge in [-0.3, -0.25) is 4.79 Å². The summed E-state index contributed by atoms with van der Waals surface area (Å²) in [6.45, 7) is 6.55. The van der Waals surface area contributed by atoms with Crippen molar-refractivity contribution in [1.82, 2.24) is 4.90 Å². The minimum atomic E-state index is -0.00230. The van der Waals surface area contributed by atoms with Gasteiger partial charge in [-0.15, -0.1) is 0 Å². The summed E-state index contributed by atoms with van der Waals surface area (Å²) in [7, 11) is 0. The van der Waals surface area contributed by atoms with Crippen LogP contribution in [0, 0.1) is 17.8 Å². The minimum absolute atomic E-state index is 0.00230. The van der Waals surface area contributed by atoms with Gasteiger partial charge in [-0.1, -0.05) is 67.9 Å². The van der Waals surface area contributed by atoms with Crippen LogP contribution in [0.3, 0.4) is 0 Å². The van der Waals surface area contributed by atoms with Crippen molar-refractivity contribution in [2.75, 3.05) is 19.8 Å². The molecule has 4 atom stereocenters. The highest BCUT2D eigenvalue weighted by molar-refractivity contribution is 6.30. The predicted molar refractivity (Wildman–Crippen MR) is 126 cm³/mol. The number of ether oxygens (including phenoxy) is 1. The normalized spacial score (nSPS) is 27.6. The molecule has 3 nitrogen and oxygen atoms in total. The molecule has 2 aromatic rings. The van der Waals surface area contributed by atoms with Gasteiger partial charge in [-0.2, -0.15) is 0 Å². The smallest absolute Gasteiger partial charge is 0.223 e. The number of nitrogens with zero attached hydrogens (tertiary/aromatic N) is 1. The average molecular weight is 440 g/mol. The number of amides is 1. The lowest BCUT2D eigenvalue weighted by atomic mass is 9.69.